The molecule has 1 aromatic rings. The first-order valence-electron chi connectivity index (χ1n) is 9.40. The maximum Gasteiger partial charge on any atom is 0.253 e. The molecule has 0 aliphatic carbocycles. The second kappa shape index (κ2) is 8.68. The van der Waals surface area contributed by atoms with E-state index in [0.29, 0.717) is 30.8 Å². The van der Waals surface area contributed by atoms with Gasteiger partial charge < -0.3 is 19.1 Å². The van der Waals surface area contributed by atoms with Crippen molar-refractivity contribution in [3.63, 3.8) is 0 Å². The summed E-state index contributed by atoms with van der Waals surface area (Å²) in [6.45, 7) is 7.13. The molecule has 0 bridgehead atoms. The number of hydrogen-bond donors (Lipinski definition) is 0. The summed E-state index contributed by atoms with van der Waals surface area (Å²) in [5, 5.41) is 0. The van der Waals surface area contributed by atoms with Crippen molar-refractivity contribution in [3.05, 3.63) is 29.8 Å². The van der Waals surface area contributed by atoms with E-state index in [4.69, 9.17) is 14.2 Å². The lowest BCUT2D eigenvalue weighted by molar-refractivity contribution is -0.0175. The second-order valence-corrected chi connectivity index (χ2v) is 6.98. The number of likely N-dealkylation sites (tertiary alicyclic amines) is 1. The third-order valence-corrected chi connectivity index (χ3v) is 5.45. The first kappa shape index (κ1) is 18.2. The number of piperidine rings is 1. The van der Waals surface area contributed by atoms with Crippen molar-refractivity contribution in [2.75, 3.05) is 46.1 Å². The maximum absolute atomic E-state index is 12.8. The molecule has 5 nitrogen and oxygen atoms in total. The number of amides is 1. The number of carbonyl (C=O) groups is 1. The van der Waals surface area contributed by atoms with Gasteiger partial charge in [-0.05, 0) is 56.2 Å². The van der Waals surface area contributed by atoms with E-state index in [-0.39, 0.29) is 5.91 Å². The minimum Gasteiger partial charge on any atom is -0.491 e. The van der Waals surface area contributed by atoms with Crippen LogP contribution < -0.4 is 4.74 Å². The lowest BCUT2D eigenvalue weighted by Crippen LogP contribution is -2.45. The Balaban J connectivity index is 1.54. The van der Waals surface area contributed by atoms with Gasteiger partial charge in [-0.3, -0.25) is 4.79 Å². The lowest BCUT2D eigenvalue weighted by atomic mass is 9.72. The van der Waals surface area contributed by atoms with Crippen LogP contribution in [0.15, 0.2) is 24.3 Å². The van der Waals surface area contributed by atoms with Crippen LogP contribution >= 0.6 is 0 Å². The molecule has 25 heavy (non-hydrogen) atoms. The molecule has 0 N–H and O–H groups in total. The van der Waals surface area contributed by atoms with Crippen molar-refractivity contribution < 1.29 is 19.0 Å². The molecule has 1 spiro atoms. The Morgan fingerprint density at radius 3 is 2.64 bits per heavy atom. The van der Waals surface area contributed by atoms with Crippen molar-refractivity contribution in [1.29, 1.82) is 0 Å². The average Bonchev–Trinajstić information content (AvgIpc) is 2.66. The summed E-state index contributed by atoms with van der Waals surface area (Å²) in [4.78, 5) is 14.8. The van der Waals surface area contributed by atoms with Gasteiger partial charge in [-0.15, -0.1) is 0 Å². The van der Waals surface area contributed by atoms with Crippen LogP contribution in [0.5, 0.6) is 5.75 Å². The highest BCUT2D eigenvalue weighted by atomic mass is 16.5. The van der Waals surface area contributed by atoms with E-state index in [2.05, 4.69) is 0 Å². The molecule has 5 heteroatoms. The van der Waals surface area contributed by atoms with Crippen LogP contribution in [0.25, 0.3) is 0 Å². The third-order valence-electron chi connectivity index (χ3n) is 5.45. The second-order valence-electron chi connectivity index (χ2n) is 6.98. The van der Waals surface area contributed by atoms with Crippen LogP contribution in [0.2, 0.25) is 0 Å². The Hall–Kier alpha value is -1.59. The molecule has 0 atom stereocenters. The van der Waals surface area contributed by atoms with E-state index < -0.39 is 0 Å². The van der Waals surface area contributed by atoms with E-state index in [1.807, 2.05) is 36.1 Å². The zero-order valence-electron chi connectivity index (χ0n) is 15.2. The molecule has 3 rings (SSSR count). The average molecular weight is 347 g/mol. The Morgan fingerprint density at radius 2 is 1.92 bits per heavy atom. The molecule has 1 aromatic carbocycles. The van der Waals surface area contributed by atoms with E-state index in [1.165, 1.54) is 0 Å². The number of nitrogens with zero attached hydrogens (tertiary/aromatic N) is 1. The molecular formula is C20H29NO4. The van der Waals surface area contributed by atoms with Gasteiger partial charge in [0.25, 0.3) is 5.91 Å². The van der Waals surface area contributed by atoms with Gasteiger partial charge in [-0.25, -0.2) is 0 Å². The van der Waals surface area contributed by atoms with Crippen LogP contribution in [-0.4, -0.2) is 56.9 Å². The first-order chi connectivity index (χ1) is 12.2. The molecular weight excluding hydrogens is 318 g/mol. The van der Waals surface area contributed by atoms with Crippen LogP contribution in [0.1, 0.15) is 43.0 Å². The molecule has 1 amide bonds. The van der Waals surface area contributed by atoms with Gasteiger partial charge in [-0.1, -0.05) is 6.07 Å². The maximum atomic E-state index is 12.8. The number of rotatable bonds is 6. The largest absolute Gasteiger partial charge is 0.491 e. The molecule has 0 radical (unpaired) electrons. The monoisotopic (exact) mass is 347 g/mol. The Morgan fingerprint density at radius 1 is 1.16 bits per heavy atom. The van der Waals surface area contributed by atoms with Gasteiger partial charge in [0.15, 0.2) is 0 Å². The summed E-state index contributed by atoms with van der Waals surface area (Å²) in [7, 11) is 0. The summed E-state index contributed by atoms with van der Waals surface area (Å²) in [6.07, 6.45) is 4.45. The fraction of sp³-hybridized carbons (Fsp3) is 0.650. The minimum atomic E-state index is 0.108. The fourth-order valence-corrected chi connectivity index (χ4v) is 3.75. The third kappa shape index (κ3) is 4.73. The zero-order valence-corrected chi connectivity index (χ0v) is 15.2. The molecule has 0 saturated carbocycles. The lowest BCUT2D eigenvalue weighted by Gasteiger charge is -2.44. The molecule has 2 fully saturated rings. The smallest absolute Gasteiger partial charge is 0.253 e. The topological polar surface area (TPSA) is 48.0 Å². The molecule has 2 saturated heterocycles. The van der Waals surface area contributed by atoms with Gasteiger partial charge in [0.2, 0.25) is 0 Å². The summed E-state index contributed by atoms with van der Waals surface area (Å²) >= 11 is 0. The molecule has 2 aliphatic rings. The minimum absolute atomic E-state index is 0.108. The van der Waals surface area contributed by atoms with Crippen molar-refractivity contribution in [3.8, 4) is 5.75 Å². The molecule has 0 aromatic heterocycles. The molecule has 0 unspecified atom stereocenters. The Labute approximate surface area is 150 Å². The fourth-order valence-electron chi connectivity index (χ4n) is 3.75. The standard InChI is InChI=1S/C20H29NO4/c1-2-23-14-15-25-18-5-3-4-17(16-18)19(22)21-10-6-20(7-11-21)8-12-24-13-9-20/h3-5,16H,2,6-15H2,1H3. The Kier molecular flexibility index (Phi) is 6.32. The van der Waals surface area contributed by atoms with E-state index in [0.717, 1.165) is 57.7 Å². The van der Waals surface area contributed by atoms with Gasteiger partial charge in [-0.2, -0.15) is 0 Å². The van der Waals surface area contributed by atoms with Crippen LogP contribution in [0.4, 0.5) is 0 Å². The zero-order chi connectivity index (χ0) is 17.5. The highest BCUT2D eigenvalue weighted by molar-refractivity contribution is 5.94. The van der Waals surface area contributed by atoms with E-state index >= 15 is 0 Å². The number of hydrogen-bond acceptors (Lipinski definition) is 4. The summed E-state index contributed by atoms with van der Waals surface area (Å²) in [5.41, 5.74) is 1.11. The number of benzene rings is 1. The van der Waals surface area contributed by atoms with Gasteiger partial charge in [0.05, 0.1) is 6.61 Å². The molecule has 2 heterocycles. The van der Waals surface area contributed by atoms with Crippen molar-refractivity contribution in [2.24, 2.45) is 5.41 Å². The van der Waals surface area contributed by atoms with Gasteiger partial charge in [0, 0.05) is 38.5 Å². The van der Waals surface area contributed by atoms with Crippen LogP contribution in [0, 0.1) is 5.41 Å². The van der Waals surface area contributed by atoms with Crippen molar-refractivity contribution in [1.82, 2.24) is 4.90 Å². The number of ether oxygens (including phenoxy) is 3. The van der Waals surface area contributed by atoms with Crippen LogP contribution in [0.3, 0.4) is 0 Å². The highest BCUT2D eigenvalue weighted by Crippen LogP contribution is 2.40. The van der Waals surface area contributed by atoms with Crippen LogP contribution in [-0.2, 0) is 9.47 Å². The predicted molar refractivity (Wildman–Crippen MR) is 96.1 cm³/mol. The highest BCUT2D eigenvalue weighted by Gasteiger charge is 2.37. The molecule has 2 aliphatic heterocycles. The van der Waals surface area contributed by atoms with Gasteiger partial charge >= 0.3 is 0 Å². The summed E-state index contributed by atoms with van der Waals surface area (Å²) < 4.78 is 16.4. The first-order valence-corrected chi connectivity index (χ1v) is 9.40. The van der Waals surface area contributed by atoms with E-state index in [1.54, 1.807) is 0 Å². The normalized spacial score (nSPS) is 19.8. The predicted octanol–water partition coefficient (Wildman–Crippen LogP) is 3.13. The van der Waals surface area contributed by atoms with E-state index in [9.17, 15) is 4.79 Å². The molecule has 138 valence electrons. The number of carbonyl (C=O) groups excluding carboxylic acids is 1. The van der Waals surface area contributed by atoms with Gasteiger partial charge in [0.1, 0.15) is 12.4 Å². The quantitative estimate of drug-likeness (QED) is 0.742. The summed E-state index contributed by atoms with van der Waals surface area (Å²) in [6, 6.07) is 7.48. The van der Waals surface area contributed by atoms with Crippen molar-refractivity contribution in [2.45, 2.75) is 32.6 Å². The van der Waals surface area contributed by atoms with Crippen molar-refractivity contribution >= 4 is 5.91 Å². The SMILES string of the molecule is CCOCCOc1cccc(C(=O)N2CCC3(CCOCC3)CC2)c1. The Bertz CT molecular complexity index is 559. The summed E-state index contributed by atoms with van der Waals surface area (Å²) in [5.74, 6) is 0.834.